The number of hydrogen-bond donors (Lipinski definition) is 1. The number of hydrogen-bond acceptors (Lipinski definition) is 1. The molecule has 224 valence electrons. The van der Waals surface area contributed by atoms with Crippen LogP contribution in [0.3, 0.4) is 0 Å². The Morgan fingerprint density at radius 2 is 1.13 bits per heavy atom. The van der Waals surface area contributed by atoms with Gasteiger partial charge in [-0.15, -0.1) is 0 Å². The highest BCUT2D eigenvalue weighted by Gasteiger charge is 2.30. The minimum absolute atomic E-state index is 0.298. The summed E-state index contributed by atoms with van der Waals surface area (Å²) in [5.41, 5.74) is 13.9. The Labute approximate surface area is 269 Å². The first-order valence-electron chi connectivity index (χ1n) is 16.3. The zero-order valence-electron chi connectivity index (χ0n) is 26.7. The van der Waals surface area contributed by atoms with Crippen LogP contribution in [0, 0.1) is 0 Å². The maximum atomic E-state index is 6.57. The molecule has 2 aromatic heterocycles. The second-order valence-corrected chi connectivity index (χ2v) is 12.9. The van der Waals surface area contributed by atoms with Gasteiger partial charge in [0.05, 0.1) is 0 Å². The number of aromatic nitrogens is 2. The van der Waals surface area contributed by atoms with Crippen LogP contribution in [0.2, 0.25) is 0 Å². The first-order valence-corrected chi connectivity index (χ1v) is 16.3. The minimum atomic E-state index is 0.298. The number of rotatable bonds is 6. The predicted octanol–water partition coefficient (Wildman–Crippen LogP) is 11.6. The number of aromatic amines is 1. The van der Waals surface area contributed by atoms with E-state index in [0.29, 0.717) is 11.8 Å². The maximum Gasteiger partial charge on any atom is 0.296 e. The summed E-state index contributed by atoms with van der Waals surface area (Å²) in [4.78, 5) is 3.82. The molecule has 0 saturated carbocycles. The van der Waals surface area contributed by atoms with Crippen molar-refractivity contribution in [3.63, 3.8) is 0 Å². The van der Waals surface area contributed by atoms with Crippen molar-refractivity contribution in [2.45, 2.75) is 39.5 Å². The molecule has 0 radical (unpaired) electrons. The van der Waals surface area contributed by atoms with E-state index in [1.807, 2.05) is 6.07 Å². The van der Waals surface area contributed by atoms with Crippen molar-refractivity contribution >= 4 is 33.0 Å². The molecule has 8 aromatic rings. The van der Waals surface area contributed by atoms with Crippen LogP contribution in [0.1, 0.15) is 50.7 Å². The Morgan fingerprint density at radius 3 is 1.85 bits per heavy atom. The molecular weight excluding hydrogens is 560 g/mol. The van der Waals surface area contributed by atoms with Crippen LogP contribution >= 0.6 is 0 Å². The normalized spacial score (nSPS) is 11.9. The van der Waals surface area contributed by atoms with Crippen molar-refractivity contribution in [3.8, 4) is 39.3 Å². The van der Waals surface area contributed by atoms with Gasteiger partial charge in [0, 0.05) is 21.9 Å². The molecule has 0 aliphatic heterocycles. The number of para-hydroxylation sites is 4. The molecule has 0 unspecified atom stereocenters. The highest BCUT2D eigenvalue weighted by molar-refractivity contribution is 6.09. The molecule has 3 nitrogen and oxygen atoms in total. The first-order chi connectivity index (χ1) is 22.5. The van der Waals surface area contributed by atoms with E-state index >= 15 is 0 Å². The van der Waals surface area contributed by atoms with E-state index in [4.69, 9.17) is 4.42 Å². The maximum absolute atomic E-state index is 6.57. The number of H-pyrrole nitrogens is 1. The van der Waals surface area contributed by atoms with Gasteiger partial charge in [-0.05, 0) is 70.5 Å². The van der Waals surface area contributed by atoms with Gasteiger partial charge in [0.25, 0.3) is 5.82 Å². The van der Waals surface area contributed by atoms with Crippen molar-refractivity contribution in [1.29, 1.82) is 0 Å². The van der Waals surface area contributed by atoms with Gasteiger partial charge in [-0.3, -0.25) is 0 Å². The molecule has 0 bridgehead atoms. The quantitative estimate of drug-likeness (QED) is 0.190. The molecule has 8 rings (SSSR count). The Balaban J connectivity index is 1.38. The van der Waals surface area contributed by atoms with Crippen LogP contribution in [0.25, 0.3) is 72.3 Å². The zero-order chi connectivity index (χ0) is 31.4. The molecular formula is C43H37N2O+. The van der Waals surface area contributed by atoms with Gasteiger partial charge in [-0.2, -0.15) is 4.57 Å². The highest BCUT2D eigenvalue weighted by atomic mass is 16.3. The fraction of sp³-hybridized carbons (Fsp3) is 0.140. The van der Waals surface area contributed by atoms with E-state index < -0.39 is 0 Å². The fourth-order valence-corrected chi connectivity index (χ4v) is 6.90. The van der Waals surface area contributed by atoms with Crippen LogP contribution in [-0.4, -0.2) is 4.98 Å². The smallest absolute Gasteiger partial charge is 0.296 e. The van der Waals surface area contributed by atoms with Gasteiger partial charge in [-0.1, -0.05) is 125 Å². The van der Waals surface area contributed by atoms with Gasteiger partial charge in [-0.25, -0.2) is 4.98 Å². The topological polar surface area (TPSA) is 32.8 Å². The number of fused-ring (bicyclic) bond motifs is 4. The lowest BCUT2D eigenvalue weighted by Gasteiger charge is -2.20. The average Bonchev–Trinajstić information content (AvgIpc) is 3.67. The fourth-order valence-electron chi connectivity index (χ4n) is 6.90. The van der Waals surface area contributed by atoms with Crippen molar-refractivity contribution in [3.05, 3.63) is 145 Å². The monoisotopic (exact) mass is 597 g/mol. The number of benzene rings is 6. The van der Waals surface area contributed by atoms with Crippen LogP contribution in [0.4, 0.5) is 0 Å². The largest absolute Gasteiger partial charge is 0.455 e. The van der Waals surface area contributed by atoms with Crippen molar-refractivity contribution in [2.75, 3.05) is 0 Å². The van der Waals surface area contributed by atoms with Gasteiger partial charge >= 0.3 is 0 Å². The summed E-state index contributed by atoms with van der Waals surface area (Å²) >= 11 is 0. The van der Waals surface area contributed by atoms with E-state index in [0.717, 1.165) is 44.4 Å². The highest BCUT2D eigenvalue weighted by Crippen LogP contribution is 2.39. The molecule has 2 heterocycles. The van der Waals surface area contributed by atoms with Crippen LogP contribution in [0.5, 0.6) is 0 Å². The summed E-state index contributed by atoms with van der Waals surface area (Å²) < 4.78 is 9.01. The predicted molar refractivity (Wildman–Crippen MR) is 192 cm³/mol. The summed E-state index contributed by atoms with van der Waals surface area (Å²) in [6.45, 7) is 9.22. The second kappa shape index (κ2) is 11.2. The third kappa shape index (κ3) is 4.62. The van der Waals surface area contributed by atoms with Crippen molar-refractivity contribution in [2.24, 2.45) is 0 Å². The van der Waals surface area contributed by atoms with Gasteiger partial charge in [0.1, 0.15) is 16.8 Å². The number of imidazole rings is 1. The molecule has 0 atom stereocenters. The molecule has 1 N–H and O–H groups in total. The van der Waals surface area contributed by atoms with Crippen LogP contribution in [-0.2, 0) is 0 Å². The molecule has 6 aromatic carbocycles. The minimum Gasteiger partial charge on any atom is -0.455 e. The average molecular weight is 598 g/mol. The Hall–Kier alpha value is -5.41. The second-order valence-electron chi connectivity index (χ2n) is 12.9. The van der Waals surface area contributed by atoms with Crippen molar-refractivity contribution in [1.82, 2.24) is 4.98 Å². The van der Waals surface area contributed by atoms with Gasteiger partial charge in [0.2, 0.25) is 0 Å². The van der Waals surface area contributed by atoms with Crippen LogP contribution < -0.4 is 4.57 Å². The Morgan fingerprint density at radius 1 is 0.543 bits per heavy atom. The zero-order valence-corrected chi connectivity index (χ0v) is 26.7. The van der Waals surface area contributed by atoms with Crippen molar-refractivity contribution < 1.29 is 8.98 Å². The number of nitrogens with zero attached hydrogens (tertiary/aromatic N) is 1. The molecule has 0 saturated heterocycles. The first kappa shape index (κ1) is 28.1. The standard InChI is InChI=1S/C43H36N2O/c1-27(2)36-25-32(31-23-21-30(22-24-31)29-13-6-5-7-14-29)26-37(28(3)4)41(36)45-39-19-10-9-18-38(39)44-43(45)35-17-12-16-34-33-15-8-11-20-40(33)46-42(34)35/h5-28H,1-4H3/p+1. The lowest BCUT2D eigenvalue weighted by atomic mass is 9.87. The summed E-state index contributed by atoms with van der Waals surface area (Å²) in [5, 5.41) is 2.26. The SMILES string of the molecule is CC(C)c1cc(-c2ccc(-c3ccccc3)cc2)cc(C(C)C)c1-[n+]1c(-c2cccc3c2oc2ccccc23)[nH]c2ccccc21. The summed E-state index contributed by atoms with van der Waals surface area (Å²) in [6, 6.07) is 47.8. The molecule has 0 aliphatic carbocycles. The van der Waals surface area contributed by atoms with Crippen LogP contribution in [0.15, 0.2) is 138 Å². The summed E-state index contributed by atoms with van der Waals surface area (Å²) in [7, 11) is 0. The Bertz CT molecular complexity index is 2330. The third-order valence-electron chi connectivity index (χ3n) is 9.24. The molecule has 46 heavy (non-hydrogen) atoms. The molecule has 0 amide bonds. The lowest BCUT2D eigenvalue weighted by Crippen LogP contribution is -2.35. The van der Waals surface area contributed by atoms with E-state index in [2.05, 4.69) is 165 Å². The third-order valence-corrected chi connectivity index (χ3v) is 9.24. The molecule has 0 aliphatic rings. The van der Waals surface area contributed by atoms with Gasteiger partial charge in [0.15, 0.2) is 16.6 Å². The lowest BCUT2D eigenvalue weighted by molar-refractivity contribution is -0.556. The van der Waals surface area contributed by atoms with E-state index in [9.17, 15) is 0 Å². The van der Waals surface area contributed by atoms with E-state index in [1.54, 1.807) is 0 Å². The summed E-state index contributed by atoms with van der Waals surface area (Å²) in [5.74, 6) is 1.62. The molecule has 3 heteroatoms. The van der Waals surface area contributed by atoms with E-state index in [1.165, 1.54) is 39.1 Å². The van der Waals surface area contributed by atoms with Gasteiger partial charge < -0.3 is 4.42 Å². The summed E-state index contributed by atoms with van der Waals surface area (Å²) in [6.07, 6.45) is 0. The van der Waals surface area contributed by atoms with E-state index in [-0.39, 0.29) is 0 Å². The Kier molecular flexibility index (Phi) is 6.83. The number of nitrogens with one attached hydrogen (secondary N) is 1. The number of furan rings is 1. The molecule has 0 spiro atoms. The molecule has 0 fully saturated rings.